The summed E-state index contributed by atoms with van der Waals surface area (Å²) >= 11 is 0. The molecule has 0 bridgehead atoms. The lowest BCUT2D eigenvalue weighted by Crippen LogP contribution is -2.44. The van der Waals surface area contributed by atoms with Gasteiger partial charge in [0.05, 0.1) is 22.6 Å². The quantitative estimate of drug-likeness (QED) is 0.223. The Morgan fingerprint density at radius 3 is 2.58 bits per heavy atom. The van der Waals surface area contributed by atoms with Gasteiger partial charge in [-0.25, -0.2) is 14.2 Å². The lowest BCUT2D eigenvalue weighted by molar-refractivity contribution is -0.135. The van der Waals surface area contributed by atoms with E-state index in [0.717, 1.165) is 60.9 Å². The van der Waals surface area contributed by atoms with E-state index in [1.54, 1.807) is 19.2 Å². The second-order valence-corrected chi connectivity index (χ2v) is 14.7. The van der Waals surface area contributed by atoms with Crippen LogP contribution in [0.1, 0.15) is 84.7 Å². The van der Waals surface area contributed by atoms with Gasteiger partial charge in [-0.1, -0.05) is 18.2 Å². The van der Waals surface area contributed by atoms with Crippen molar-refractivity contribution >= 4 is 45.3 Å². The van der Waals surface area contributed by atoms with Crippen LogP contribution in [0, 0.1) is 12.8 Å². The average molecular weight is 707 g/mol. The molecule has 270 valence electrons. The number of imidazole rings is 1. The molecule has 3 aromatic heterocycles. The Morgan fingerprint density at radius 1 is 1.00 bits per heavy atom. The second-order valence-electron chi connectivity index (χ2n) is 14.7. The van der Waals surface area contributed by atoms with Crippen LogP contribution in [0.5, 0.6) is 0 Å². The van der Waals surface area contributed by atoms with E-state index < -0.39 is 18.1 Å². The highest BCUT2D eigenvalue weighted by atomic mass is 19.1. The van der Waals surface area contributed by atoms with Crippen molar-refractivity contribution in [1.29, 1.82) is 0 Å². The number of carbonyl (C=O) groups excluding carboxylic acids is 3. The highest BCUT2D eigenvalue weighted by Crippen LogP contribution is 2.38. The third-order valence-corrected chi connectivity index (χ3v) is 11.3. The summed E-state index contributed by atoms with van der Waals surface area (Å²) in [5.41, 5.74) is 4.45. The van der Waals surface area contributed by atoms with Crippen LogP contribution < -0.4 is 16.3 Å². The van der Waals surface area contributed by atoms with Gasteiger partial charge in [-0.3, -0.25) is 33.5 Å². The van der Waals surface area contributed by atoms with E-state index in [-0.39, 0.29) is 42.3 Å². The minimum Gasteiger partial charge on any atom is -0.321 e. The molecule has 1 aliphatic carbocycles. The number of rotatable bonds is 7. The molecule has 2 aromatic carbocycles. The molecular weight excluding hydrogens is 663 g/mol. The fraction of sp³-hybridized carbons (Fsp3) is 0.436. The van der Waals surface area contributed by atoms with Gasteiger partial charge in [-0.05, 0) is 99.9 Å². The molecule has 3 amide bonds. The number of alkyl halides is 1. The Morgan fingerprint density at radius 2 is 1.81 bits per heavy atom. The fourth-order valence-corrected chi connectivity index (χ4v) is 8.61. The molecule has 1 saturated carbocycles. The van der Waals surface area contributed by atoms with Gasteiger partial charge in [0.2, 0.25) is 11.8 Å². The first-order valence-electron chi connectivity index (χ1n) is 18.3. The van der Waals surface area contributed by atoms with Crippen molar-refractivity contribution in [3.63, 3.8) is 0 Å². The third-order valence-electron chi connectivity index (χ3n) is 11.3. The highest BCUT2D eigenvalue weighted by molar-refractivity contribution is 6.04. The number of halogens is 1. The number of pyridine rings is 1. The summed E-state index contributed by atoms with van der Waals surface area (Å²) < 4.78 is 21.1. The number of piperidine rings is 2. The number of aryl methyl sites for hydroxylation is 2. The van der Waals surface area contributed by atoms with Gasteiger partial charge in [0.15, 0.2) is 0 Å². The minimum absolute atomic E-state index is 0.169. The van der Waals surface area contributed by atoms with Crippen molar-refractivity contribution in [3.8, 4) is 0 Å². The second kappa shape index (κ2) is 13.8. The van der Waals surface area contributed by atoms with Crippen molar-refractivity contribution in [3.05, 3.63) is 88.2 Å². The molecule has 0 spiro atoms. The van der Waals surface area contributed by atoms with Crippen LogP contribution in [0.25, 0.3) is 21.9 Å². The topological polar surface area (TPSA) is 136 Å². The summed E-state index contributed by atoms with van der Waals surface area (Å²) in [7, 11) is 1.67. The maximum Gasteiger partial charge on any atom is 0.329 e. The monoisotopic (exact) mass is 706 g/mol. The van der Waals surface area contributed by atoms with E-state index in [2.05, 4.69) is 31.4 Å². The van der Waals surface area contributed by atoms with Crippen LogP contribution in [-0.4, -0.2) is 72.3 Å². The SMILES string of the molecule is Cc1cccc(C(=O)Nc2ccc3nn(C4CCC(CN5CC[C@@H](c6cccc7c6n(C)c(=O)n7C6CCC(=O)NC6=O)[C@@H](F)C5)CC4)cc3c2)n1. The van der Waals surface area contributed by atoms with Crippen LogP contribution in [0.3, 0.4) is 0 Å². The van der Waals surface area contributed by atoms with Gasteiger partial charge in [0, 0.05) is 55.4 Å². The normalized spacial score (nSPS) is 24.3. The smallest absolute Gasteiger partial charge is 0.321 e. The first kappa shape index (κ1) is 33.9. The summed E-state index contributed by atoms with van der Waals surface area (Å²) in [6, 6.07) is 16.2. The average Bonchev–Trinajstić information content (AvgIpc) is 3.66. The van der Waals surface area contributed by atoms with E-state index in [1.165, 1.54) is 9.13 Å². The number of hydrogen-bond donors (Lipinski definition) is 2. The number of benzene rings is 2. The van der Waals surface area contributed by atoms with Crippen molar-refractivity contribution < 1.29 is 18.8 Å². The van der Waals surface area contributed by atoms with E-state index in [1.807, 2.05) is 49.4 Å². The molecule has 0 radical (unpaired) electrons. The number of amides is 3. The van der Waals surface area contributed by atoms with Crippen LogP contribution in [-0.2, 0) is 16.6 Å². The Labute approximate surface area is 300 Å². The predicted octanol–water partition coefficient (Wildman–Crippen LogP) is 5.18. The van der Waals surface area contributed by atoms with Crippen LogP contribution >= 0.6 is 0 Å². The lowest BCUT2D eigenvalue weighted by atomic mass is 9.83. The summed E-state index contributed by atoms with van der Waals surface area (Å²) in [5.74, 6) is -0.941. The summed E-state index contributed by atoms with van der Waals surface area (Å²) in [6.07, 6.45) is 6.11. The van der Waals surface area contributed by atoms with Crippen molar-refractivity contribution in [2.75, 3.05) is 25.0 Å². The van der Waals surface area contributed by atoms with Crippen LogP contribution in [0.15, 0.2) is 65.6 Å². The molecule has 8 rings (SSSR count). The molecular formula is C39H43FN8O4. The number of anilines is 1. The number of likely N-dealkylation sites (tertiary alicyclic amines) is 1. The Balaban J connectivity index is 0.880. The number of imide groups is 1. The van der Waals surface area contributed by atoms with Gasteiger partial charge in [0.1, 0.15) is 17.9 Å². The molecule has 3 atom stereocenters. The maximum absolute atomic E-state index is 16.1. The van der Waals surface area contributed by atoms with Gasteiger partial charge in [0.25, 0.3) is 5.91 Å². The van der Waals surface area contributed by atoms with E-state index >= 15 is 4.39 Å². The standard InChI is InChI=1S/C39H43FN8O4/c1-23-5-3-7-32(41-23)37(50)42-26-11-14-31-25(19-26)21-47(44-31)27-12-9-24(10-13-27)20-46-18-17-28(30(40)22-46)29-6-4-8-33-36(29)45(2)39(52)48(33)34-15-16-35(49)43-38(34)51/h3-8,11,14,19,21,24,27-28,30,34H,9-10,12-13,15-18,20,22H2,1-2H3,(H,42,50)(H,43,49,51)/t24?,27?,28-,30-,34?/m0/s1. The molecule has 2 saturated heterocycles. The summed E-state index contributed by atoms with van der Waals surface area (Å²) in [4.78, 5) is 57.1. The molecule has 5 aromatic rings. The van der Waals surface area contributed by atoms with Gasteiger partial charge >= 0.3 is 5.69 Å². The summed E-state index contributed by atoms with van der Waals surface area (Å²) in [6.45, 7) is 3.82. The van der Waals surface area contributed by atoms with Crippen molar-refractivity contribution in [2.45, 2.75) is 76.0 Å². The first-order chi connectivity index (χ1) is 25.1. The van der Waals surface area contributed by atoms with Crippen LogP contribution in [0.2, 0.25) is 0 Å². The molecule has 52 heavy (non-hydrogen) atoms. The number of fused-ring (bicyclic) bond motifs is 2. The molecule has 5 heterocycles. The molecule has 3 fully saturated rings. The van der Waals surface area contributed by atoms with E-state index in [0.29, 0.717) is 41.3 Å². The molecule has 13 heteroatoms. The van der Waals surface area contributed by atoms with Crippen molar-refractivity contribution in [2.24, 2.45) is 13.0 Å². The van der Waals surface area contributed by atoms with Gasteiger partial charge in [-0.2, -0.15) is 5.10 Å². The maximum atomic E-state index is 16.1. The number of hydrogen-bond acceptors (Lipinski definition) is 7. The first-order valence-corrected chi connectivity index (χ1v) is 18.3. The lowest BCUT2D eigenvalue weighted by Gasteiger charge is -2.38. The molecule has 2 N–H and O–H groups in total. The fourth-order valence-electron chi connectivity index (χ4n) is 8.61. The number of nitrogens with one attached hydrogen (secondary N) is 2. The number of nitrogens with zero attached hydrogens (tertiary/aromatic N) is 6. The zero-order valence-corrected chi connectivity index (χ0v) is 29.4. The van der Waals surface area contributed by atoms with E-state index in [9.17, 15) is 19.2 Å². The van der Waals surface area contributed by atoms with Gasteiger partial charge in [-0.15, -0.1) is 0 Å². The zero-order chi connectivity index (χ0) is 36.1. The Kier molecular flexibility index (Phi) is 8.98. The Bertz CT molecular complexity index is 2250. The predicted molar refractivity (Wildman–Crippen MR) is 195 cm³/mol. The van der Waals surface area contributed by atoms with E-state index in [4.69, 9.17) is 5.10 Å². The Hall–Kier alpha value is -5.17. The number of para-hydroxylation sites is 1. The van der Waals surface area contributed by atoms with Crippen LogP contribution in [0.4, 0.5) is 10.1 Å². The van der Waals surface area contributed by atoms with Gasteiger partial charge < -0.3 is 10.2 Å². The zero-order valence-electron chi connectivity index (χ0n) is 29.4. The third kappa shape index (κ3) is 6.42. The minimum atomic E-state index is -1.09. The number of carbonyl (C=O) groups is 3. The highest BCUT2D eigenvalue weighted by Gasteiger charge is 2.36. The molecule has 1 unspecified atom stereocenters. The number of aromatic nitrogens is 5. The molecule has 12 nitrogen and oxygen atoms in total. The molecule has 2 aliphatic heterocycles. The van der Waals surface area contributed by atoms with Crippen molar-refractivity contribution in [1.82, 2.24) is 34.1 Å². The summed E-state index contributed by atoms with van der Waals surface area (Å²) in [5, 5.41) is 11.1. The molecule has 3 aliphatic rings. The largest absolute Gasteiger partial charge is 0.329 e.